The van der Waals surface area contributed by atoms with E-state index < -0.39 is 0 Å². The summed E-state index contributed by atoms with van der Waals surface area (Å²) in [5.41, 5.74) is 0.954. The Bertz CT molecular complexity index is 607. The molecule has 1 aromatic heterocycles. The molecule has 0 fully saturated rings. The minimum atomic E-state index is -0.188. The zero-order chi connectivity index (χ0) is 13.7. The van der Waals surface area contributed by atoms with Gasteiger partial charge in [0.1, 0.15) is 5.76 Å². The van der Waals surface area contributed by atoms with E-state index >= 15 is 0 Å². The van der Waals surface area contributed by atoms with E-state index in [0.717, 1.165) is 5.56 Å². The van der Waals surface area contributed by atoms with Crippen molar-refractivity contribution in [1.29, 1.82) is 0 Å². The van der Waals surface area contributed by atoms with E-state index in [1.165, 1.54) is 6.08 Å². The number of benzene rings is 1. The Balaban J connectivity index is 1.86. The van der Waals surface area contributed by atoms with Crippen LogP contribution in [0.4, 0.5) is 0 Å². The van der Waals surface area contributed by atoms with Crippen LogP contribution in [0.3, 0.4) is 0 Å². The van der Waals surface area contributed by atoms with E-state index in [9.17, 15) is 4.79 Å². The van der Waals surface area contributed by atoms with Crippen LogP contribution in [0.5, 0.6) is 0 Å². The minimum absolute atomic E-state index is 0.188. The molecule has 0 aliphatic heterocycles. The maximum absolute atomic E-state index is 11.6. The van der Waals surface area contributed by atoms with Crippen molar-refractivity contribution in [1.82, 2.24) is 5.32 Å². The third-order valence-electron chi connectivity index (χ3n) is 2.35. The van der Waals surface area contributed by atoms with Gasteiger partial charge in [-0.15, -0.1) is 0 Å². The predicted octanol–water partition coefficient (Wildman–Crippen LogP) is 4.03. The molecule has 1 N–H and O–H groups in total. The van der Waals surface area contributed by atoms with Crippen molar-refractivity contribution >= 4 is 39.5 Å². The fraction of sp³-hybridized carbons (Fsp3) is 0.0714. The van der Waals surface area contributed by atoms with Gasteiger partial charge in [0.2, 0.25) is 5.91 Å². The van der Waals surface area contributed by atoms with Crippen LogP contribution in [0.15, 0.2) is 51.6 Å². The highest BCUT2D eigenvalue weighted by molar-refractivity contribution is 9.10. The topological polar surface area (TPSA) is 42.2 Å². The highest BCUT2D eigenvalue weighted by atomic mass is 79.9. The van der Waals surface area contributed by atoms with Gasteiger partial charge in [-0.1, -0.05) is 23.7 Å². The van der Waals surface area contributed by atoms with Gasteiger partial charge in [-0.2, -0.15) is 0 Å². The minimum Gasteiger partial charge on any atom is -0.450 e. The molecular weight excluding hydrogens is 330 g/mol. The summed E-state index contributed by atoms with van der Waals surface area (Å²) in [7, 11) is 0. The van der Waals surface area contributed by atoms with Crippen LogP contribution >= 0.6 is 27.5 Å². The summed E-state index contributed by atoms with van der Waals surface area (Å²) in [6.07, 6.45) is 3.04. The van der Waals surface area contributed by atoms with Crippen LogP contribution in [0, 0.1) is 0 Å². The van der Waals surface area contributed by atoms with Gasteiger partial charge in [-0.05, 0) is 51.8 Å². The maximum Gasteiger partial charge on any atom is 0.244 e. The number of halogens is 2. The molecule has 0 bridgehead atoms. The summed E-state index contributed by atoms with van der Waals surface area (Å²) >= 11 is 9.05. The fourth-order valence-corrected chi connectivity index (χ4v) is 2.00. The number of carbonyl (C=O) groups is 1. The van der Waals surface area contributed by atoms with Crippen molar-refractivity contribution in [3.8, 4) is 0 Å². The van der Waals surface area contributed by atoms with Gasteiger partial charge < -0.3 is 9.73 Å². The Kier molecular flexibility index (Phi) is 4.82. The first-order valence-electron chi connectivity index (χ1n) is 5.59. The molecule has 2 rings (SSSR count). The molecule has 2 aromatic rings. The molecule has 1 heterocycles. The Hall–Kier alpha value is -1.52. The van der Waals surface area contributed by atoms with Gasteiger partial charge in [0.05, 0.1) is 0 Å². The van der Waals surface area contributed by atoms with Crippen LogP contribution < -0.4 is 5.32 Å². The third kappa shape index (κ3) is 4.58. The molecule has 0 spiro atoms. The van der Waals surface area contributed by atoms with Crippen molar-refractivity contribution in [3.63, 3.8) is 0 Å². The fourth-order valence-electron chi connectivity index (χ4n) is 1.47. The second kappa shape index (κ2) is 6.59. The SMILES string of the molecule is O=C(/C=C/c1ccc(Br)o1)NCc1cccc(Cl)c1. The first kappa shape index (κ1) is 13.9. The van der Waals surface area contributed by atoms with E-state index in [0.29, 0.717) is 22.0 Å². The molecule has 0 unspecified atom stereocenters. The van der Waals surface area contributed by atoms with Gasteiger partial charge in [0.15, 0.2) is 4.67 Å². The third-order valence-corrected chi connectivity index (χ3v) is 3.01. The molecule has 3 nitrogen and oxygen atoms in total. The monoisotopic (exact) mass is 339 g/mol. The van der Waals surface area contributed by atoms with E-state index in [1.54, 1.807) is 24.3 Å². The summed E-state index contributed by atoms with van der Waals surface area (Å²) in [4.78, 5) is 11.6. The number of hydrogen-bond acceptors (Lipinski definition) is 2. The molecule has 98 valence electrons. The van der Waals surface area contributed by atoms with Crippen molar-refractivity contribution < 1.29 is 9.21 Å². The first-order valence-corrected chi connectivity index (χ1v) is 6.76. The van der Waals surface area contributed by atoms with Gasteiger partial charge in [0.25, 0.3) is 0 Å². The highest BCUT2D eigenvalue weighted by Gasteiger charge is 1.99. The lowest BCUT2D eigenvalue weighted by molar-refractivity contribution is -0.116. The maximum atomic E-state index is 11.6. The van der Waals surface area contributed by atoms with Crippen LogP contribution in [-0.4, -0.2) is 5.91 Å². The Labute approximate surface area is 124 Å². The summed E-state index contributed by atoms with van der Waals surface area (Å²) < 4.78 is 5.88. The largest absolute Gasteiger partial charge is 0.450 e. The summed E-state index contributed by atoms with van der Waals surface area (Å²) in [6, 6.07) is 10.9. The predicted molar refractivity (Wildman–Crippen MR) is 78.7 cm³/mol. The molecule has 0 aliphatic carbocycles. The average molecular weight is 341 g/mol. The van der Waals surface area contributed by atoms with Crippen molar-refractivity contribution in [3.05, 3.63) is 63.5 Å². The number of nitrogens with one attached hydrogen (secondary N) is 1. The average Bonchev–Trinajstić information content (AvgIpc) is 2.80. The van der Waals surface area contributed by atoms with Gasteiger partial charge in [0, 0.05) is 17.6 Å². The van der Waals surface area contributed by atoms with Crippen molar-refractivity contribution in [2.75, 3.05) is 0 Å². The number of rotatable bonds is 4. The normalized spacial score (nSPS) is 10.8. The number of furan rings is 1. The molecule has 0 saturated carbocycles. The van der Waals surface area contributed by atoms with E-state index in [2.05, 4.69) is 21.2 Å². The molecule has 19 heavy (non-hydrogen) atoms. The van der Waals surface area contributed by atoms with E-state index in [4.69, 9.17) is 16.0 Å². The molecule has 5 heteroatoms. The van der Waals surface area contributed by atoms with Gasteiger partial charge in [-0.25, -0.2) is 0 Å². The lowest BCUT2D eigenvalue weighted by Crippen LogP contribution is -2.20. The summed E-state index contributed by atoms with van der Waals surface area (Å²) in [6.45, 7) is 0.436. The van der Waals surface area contributed by atoms with Crippen molar-refractivity contribution in [2.45, 2.75) is 6.54 Å². The summed E-state index contributed by atoms with van der Waals surface area (Å²) in [5.74, 6) is 0.428. The lowest BCUT2D eigenvalue weighted by Gasteiger charge is -2.02. The molecule has 1 amide bonds. The number of amides is 1. The second-order valence-corrected chi connectivity index (χ2v) is 5.04. The Morgan fingerprint density at radius 1 is 1.37 bits per heavy atom. The van der Waals surface area contributed by atoms with Gasteiger partial charge in [-0.3, -0.25) is 4.79 Å². The Morgan fingerprint density at radius 3 is 2.89 bits per heavy atom. The van der Waals surface area contributed by atoms with Crippen LogP contribution in [0.2, 0.25) is 5.02 Å². The number of hydrogen-bond donors (Lipinski definition) is 1. The second-order valence-electron chi connectivity index (χ2n) is 3.82. The van der Waals surface area contributed by atoms with Crippen LogP contribution in [0.1, 0.15) is 11.3 Å². The highest BCUT2D eigenvalue weighted by Crippen LogP contribution is 2.15. The molecule has 0 saturated heterocycles. The zero-order valence-electron chi connectivity index (χ0n) is 9.90. The summed E-state index contributed by atoms with van der Waals surface area (Å²) in [5, 5.41) is 3.42. The van der Waals surface area contributed by atoms with Crippen molar-refractivity contribution in [2.24, 2.45) is 0 Å². The molecular formula is C14H11BrClNO2. The lowest BCUT2D eigenvalue weighted by atomic mass is 10.2. The van der Waals surface area contributed by atoms with E-state index in [1.807, 2.05) is 18.2 Å². The van der Waals surface area contributed by atoms with E-state index in [-0.39, 0.29) is 5.91 Å². The first-order chi connectivity index (χ1) is 9.13. The molecule has 0 aliphatic rings. The Morgan fingerprint density at radius 2 is 2.21 bits per heavy atom. The number of carbonyl (C=O) groups excluding carboxylic acids is 1. The molecule has 0 radical (unpaired) electrons. The van der Waals surface area contributed by atoms with Crippen LogP contribution in [-0.2, 0) is 11.3 Å². The molecule has 1 aromatic carbocycles. The molecule has 0 atom stereocenters. The quantitative estimate of drug-likeness (QED) is 0.854. The van der Waals surface area contributed by atoms with Crippen LogP contribution in [0.25, 0.3) is 6.08 Å². The smallest absolute Gasteiger partial charge is 0.244 e. The standard InChI is InChI=1S/C14H11BrClNO2/c15-13-6-4-12(19-13)5-7-14(18)17-9-10-2-1-3-11(16)8-10/h1-8H,9H2,(H,17,18)/b7-5+. The van der Waals surface area contributed by atoms with Gasteiger partial charge >= 0.3 is 0 Å². The zero-order valence-corrected chi connectivity index (χ0v) is 12.2.